The zero-order chi connectivity index (χ0) is 25.0. The van der Waals surface area contributed by atoms with Gasteiger partial charge in [0.05, 0.1) is 11.0 Å². The lowest BCUT2D eigenvalue weighted by Gasteiger charge is -2.32. The predicted molar refractivity (Wildman–Crippen MR) is 137 cm³/mol. The molecule has 34 heavy (non-hydrogen) atoms. The number of nitrogens with zero attached hydrogens (tertiary/aromatic N) is 2. The molecule has 3 rings (SSSR count). The van der Waals surface area contributed by atoms with Gasteiger partial charge in [-0.2, -0.15) is 0 Å². The number of carbonyl (C=O) groups is 2. The van der Waals surface area contributed by atoms with Crippen molar-refractivity contribution < 1.29 is 14.3 Å². The third-order valence-corrected chi connectivity index (χ3v) is 8.04. The molecule has 0 unspecified atom stereocenters. The first-order valence-electron chi connectivity index (χ1n) is 12.8. The summed E-state index contributed by atoms with van der Waals surface area (Å²) < 4.78 is 8.04. The minimum atomic E-state index is -0.552. The van der Waals surface area contributed by atoms with E-state index in [0.29, 0.717) is 24.7 Å². The maximum atomic E-state index is 13.3. The molecule has 1 aliphatic heterocycles. The number of imidazole rings is 1. The Bertz CT molecular complexity index is 1050. The number of allylic oxidation sites excluding steroid dienone is 1. The fourth-order valence-electron chi connectivity index (χ4n) is 5.05. The van der Waals surface area contributed by atoms with Gasteiger partial charge in [0.25, 0.3) is 0 Å². The fourth-order valence-corrected chi connectivity index (χ4v) is 5.05. The van der Waals surface area contributed by atoms with Gasteiger partial charge in [0, 0.05) is 31.2 Å². The van der Waals surface area contributed by atoms with Gasteiger partial charge in [-0.3, -0.25) is 9.59 Å². The smallest absolute Gasteiger partial charge is 0.306 e. The quantitative estimate of drug-likeness (QED) is 0.339. The number of ether oxygens (including phenoxy) is 1. The number of fused-ring (bicyclic) bond motifs is 1. The molecule has 2 aromatic rings. The van der Waals surface area contributed by atoms with Gasteiger partial charge in [-0.05, 0) is 55.7 Å². The van der Waals surface area contributed by atoms with E-state index in [1.165, 1.54) is 0 Å². The second-order valence-electron chi connectivity index (χ2n) is 11.0. The van der Waals surface area contributed by atoms with Gasteiger partial charge < -0.3 is 9.30 Å². The molecule has 0 amide bonds. The minimum Gasteiger partial charge on any atom is -0.457 e. The van der Waals surface area contributed by atoms with Crippen LogP contribution in [-0.4, -0.2) is 21.3 Å². The largest absolute Gasteiger partial charge is 0.457 e. The second-order valence-corrected chi connectivity index (χ2v) is 11.0. The van der Waals surface area contributed by atoms with Crippen molar-refractivity contribution in [3.8, 4) is 0 Å². The first-order valence-corrected chi connectivity index (χ1v) is 12.8. The van der Waals surface area contributed by atoms with Crippen LogP contribution in [0.5, 0.6) is 0 Å². The summed E-state index contributed by atoms with van der Waals surface area (Å²) in [4.78, 5) is 30.8. The lowest BCUT2D eigenvalue weighted by atomic mass is 9.71. The van der Waals surface area contributed by atoms with Crippen LogP contribution in [-0.2, 0) is 21.4 Å². The molecule has 1 aromatic heterocycles. The van der Waals surface area contributed by atoms with Crippen LogP contribution in [0.4, 0.5) is 0 Å². The molecule has 4 atom stereocenters. The Balaban J connectivity index is 1.84. The summed E-state index contributed by atoms with van der Waals surface area (Å²) in [6, 6.07) is 6.11. The van der Waals surface area contributed by atoms with Gasteiger partial charge in [0.1, 0.15) is 17.7 Å². The maximum absolute atomic E-state index is 13.3. The van der Waals surface area contributed by atoms with E-state index in [2.05, 4.69) is 42.5 Å². The average Bonchev–Trinajstić information content (AvgIpc) is 3.09. The number of Topliss-reactive ketones (excluding diaryl/α,β-unsaturated/α-hetero) is 1. The second kappa shape index (κ2) is 10.9. The maximum Gasteiger partial charge on any atom is 0.306 e. The minimum absolute atomic E-state index is 0.0224. The Kier molecular flexibility index (Phi) is 8.38. The van der Waals surface area contributed by atoms with E-state index >= 15 is 0 Å². The van der Waals surface area contributed by atoms with Crippen LogP contribution in [0, 0.1) is 30.1 Å². The van der Waals surface area contributed by atoms with E-state index in [1.807, 2.05) is 46.0 Å². The molecule has 0 radical (unpaired) electrons. The number of ketones is 1. The van der Waals surface area contributed by atoms with Gasteiger partial charge in [0.15, 0.2) is 0 Å². The number of hydrogen-bond donors (Lipinski definition) is 0. The van der Waals surface area contributed by atoms with E-state index in [-0.39, 0.29) is 30.2 Å². The fraction of sp³-hybridized carbons (Fsp3) is 0.621. The molecule has 0 saturated carbocycles. The summed E-state index contributed by atoms with van der Waals surface area (Å²) in [5.41, 5.74) is 2.38. The molecule has 1 aliphatic rings. The number of carbonyl (C=O) groups excluding carboxylic acids is 2. The Morgan fingerprint density at radius 3 is 2.59 bits per heavy atom. The van der Waals surface area contributed by atoms with E-state index in [0.717, 1.165) is 41.7 Å². The molecule has 0 bridgehead atoms. The van der Waals surface area contributed by atoms with Crippen molar-refractivity contribution in [2.45, 2.75) is 86.2 Å². The molecule has 0 aliphatic carbocycles. The van der Waals surface area contributed by atoms with Gasteiger partial charge in [0.2, 0.25) is 0 Å². The lowest BCUT2D eigenvalue weighted by molar-refractivity contribution is -0.150. The third kappa shape index (κ3) is 5.97. The van der Waals surface area contributed by atoms with Crippen LogP contribution in [0.15, 0.2) is 30.4 Å². The Labute approximate surface area is 205 Å². The number of aryl methyl sites for hydroxylation is 2. The topological polar surface area (TPSA) is 61.2 Å². The number of hydrogen-bond acceptors (Lipinski definition) is 4. The SMILES string of the molecule is Cc1nc2cc([C@@H]3C/C=C/CCC[C@H](C)[C@H](C)[C@@H](C)C(=O)C(C)(C)CCC(=O)O3)ccc2n1C. The van der Waals surface area contributed by atoms with Crippen LogP contribution < -0.4 is 0 Å². The third-order valence-electron chi connectivity index (χ3n) is 8.04. The van der Waals surface area contributed by atoms with E-state index in [9.17, 15) is 9.59 Å². The van der Waals surface area contributed by atoms with E-state index in [4.69, 9.17) is 4.74 Å². The Hall–Kier alpha value is -2.43. The molecule has 0 N–H and O–H groups in total. The van der Waals surface area contributed by atoms with Crippen molar-refractivity contribution in [3.05, 3.63) is 41.7 Å². The Morgan fingerprint density at radius 2 is 1.85 bits per heavy atom. The summed E-state index contributed by atoms with van der Waals surface area (Å²) >= 11 is 0. The molecule has 5 nitrogen and oxygen atoms in total. The van der Waals surface area contributed by atoms with Crippen LogP contribution >= 0.6 is 0 Å². The summed E-state index contributed by atoms with van der Waals surface area (Å²) in [7, 11) is 2.00. The number of benzene rings is 1. The molecule has 1 aromatic carbocycles. The van der Waals surface area contributed by atoms with E-state index < -0.39 is 5.41 Å². The molecular weight excluding hydrogens is 424 g/mol. The van der Waals surface area contributed by atoms with Gasteiger partial charge in [-0.25, -0.2) is 4.98 Å². The molecule has 0 saturated heterocycles. The van der Waals surface area contributed by atoms with Crippen LogP contribution in [0.1, 0.15) is 90.6 Å². The average molecular weight is 467 g/mol. The molecule has 5 heteroatoms. The summed E-state index contributed by atoms with van der Waals surface area (Å²) in [5.74, 6) is 1.74. The Morgan fingerprint density at radius 1 is 1.12 bits per heavy atom. The van der Waals surface area contributed by atoms with Crippen molar-refractivity contribution in [3.63, 3.8) is 0 Å². The van der Waals surface area contributed by atoms with Crippen molar-refractivity contribution in [1.82, 2.24) is 9.55 Å². The van der Waals surface area contributed by atoms with Crippen LogP contribution in [0.25, 0.3) is 11.0 Å². The predicted octanol–water partition coefficient (Wildman–Crippen LogP) is 6.88. The number of rotatable bonds is 1. The first-order chi connectivity index (χ1) is 16.0. The highest BCUT2D eigenvalue weighted by Crippen LogP contribution is 2.35. The summed E-state index contributed by atoms with van der Waals surface area (Å²) in [6.07, 6.45) is 8.54. The molecule has 186 valence electrons. The number of cyclic esters (lactones) is 1. The first kappa shape index (κ1) is 26.2. The number of esters is 1. The highest BCUT2D eigenvalue weighted by molar-refractivity contribution is 5.86. The van der Waals surface area contributed by atoms with Crippen LogP contribution in [0.2, 0.25) is 0 Å². The van der Waals surface area contributed by atoms with Gasteiger partial charge in [-0.15, -0.1) is 0 Å². The van der Waals surface area contributed by atoms with E-state index in [1.54, 1.807) is 0 Å². The van der Waals surface area contributed by atoms with Crippen molar-refractivity contribution in [2.75, 3.05) is 0 Å². The normalized spacial score (nSPS) is 28.6. The molecule has 0 fully saturated rings. The standard InChI is InChI=1S/C29H42N2O3/c1-19-12-10-8-9-11-13-26(23-14-15-25-24(18-23)30-22(4)31(25)7)34-27(32)16-17-29(5,6)28(33)21(3)20(19)2/h9,11,14-15,18-21,26H,8,10,12-13,16-17H2,1-7H3/b11-9+/t19-,20-,21+,26-/m0/s1. The molecular formula is C29H42N2O3. The summed E-state index contributed by atoms with van der Waals surface area (Å²) in [5, 5.41) is 0. The summed E-state index contributed by atoms with van der Waals surface area (Å²) in [6.45, 7) is 12.4. The highest BCUT2D eigenvalue weighted by Gasteiger charge is 2.35. The highest BCUT2D eigenvalue weighted by atomic mass is 16.5. The number of aromatic nitrogens is 2. The lowest BCUT2D eigenvalue weighted by Crippen LogP contribution is -2.35. The van der Waals surface area contributed by atoms with Gasteiger partial charge >= 0.3 is 5.97 Å². The van der Waals surface area contributed by atoms with Crippen molar-refractivity contribution in [1.29, 1.82) is 0 Å². The zero-order valence-electron chi connectivity index (χ0n) is 22.1. The van der Waals surface area contributed by atoms with Crippen LogP contribution in [0.3, 0.4) is 0 Å². The van der Waals surface area contributed by atoms with Gasteiger partial charge in [-0.1, -0.05) is 59.3 Å². The van der Waals surface area contributed by atoms with Crippen molar-refractivity contribution >= 4 is 22.8 Å². The van der Waals surface area contributed by atoms with Crippen molar-refractivity contribution in [2.24, 2.45) is 30.2 Å². The zero-order valence-corrected chi connectivity index (χ0v) is 22.1. The monoisotopic (exact) mass is 466 g/mol. The molecule has 0 spiro atoms. The molecule has 2 heterocycles.